The van der Waals surface area contributed by atoms with Gasteiger partial charge in [0.15, 0.2) is 0 Å². The van der Waals surface area contributed by atoms with Crippen LogP contribution in [-0.2, 0) is 6.54 Å². The fourth-order valence-corrected chi connectivity index (χ4v) is 3.43. The van der Waals surface area contributed by atoms with Crippen LogP contribution < -0.4 is 5.32 Å². The van der Waals surface area contributed by atoms with Gasteiger partial charge in [-0.3, -0.25) is 0 Å². The SMILES string of the molecule is ClCC1CCCCC1CNCc1ccc(Br)cc1. The molecular weight excluding hydrogens is 310 g/mol. The van der Waals surface area contributed by atoms with Crippen molar-refractivity contribution in [3.05, 3.63) is 34.3 Å². The van der Waals surface area contributed by atoms with E-state index in [1.807, 2.05) is 0 Å². The quantitative estimate of drug-likeness (QED) is 0.779. The van der Waals surface area contributed by atoms with E-state index in [2.05, 4.69) is 45.5 Å². The highest BCUT2D eigenvalue weighted by Crippen LogP contribution is 2.30. The highest BCUT2D eigenvalue weighted by Gasteiger charge is 2.23. The molecule has 0 amide bonds. The maximum atomic E-state index is 6.06. The van der Waals surface area contributed by atoms with Crippen molar-refractivity contribution in [3.8, 4) is 0 Å². The zero-order chi connectivity index (χ0) is 12.8. The van der Waals surface area contributed by atoms with Crippen LogP contribution in [-0.4, -0.2) is 12.4 Å². The van der Waals surface area contributed by atoms with Crippen LogP contribution >= 0.6 is 27.5 Å². The Morgan fingerprint density at radius 1 is 1.11 bits per heavy atom. The predicted octanol–water partition coefficient (Wildman–Crippen LogP) is 4.58. The molecule has 1 N–H and O–H groups in total. The van der Waals surface area contributed by atoms with E-state index < -0.39 is 0 Å². The molecule has 0 heterocycles. The first kappa shape index (κ1) is 14.4. The molecule has 0 spiro atoms. The number of hydrogen-bond acceptors (Lipinski definition) is 1. The summed E-state index contributed by atoms with van der Waals surface area (Å²) in [4.78, 5) is 0. The van der Waals surface area contributed by atoms with Gasteiger partial charge in [0.25, 0.3) is 0 Å². The average Bonchev–Trinajstić information content (AvgIpc) is 2.41. The maximum absolute atomic E-state index is 6.06. The first-order valence-electron chi connectivity index (χ1n) is 6.80. The summed E-state index contributed by atoms with van der Waals surface area (Å²) in [5, 5.41) is 3.58. The molecule has 1 nitrogen and oxygen atoms in total. The Kier molecular flexibility index (Phi) is 6.00. The van der Waals surface area contributed by atoms with Crippen molar-refractivity contribution >= 4 is 27.5 Å². The van der Waals surface area contributed by atoms with Crippen molar-refractivity contribution in [1.82, 2.24) is 5.32 Å². The van der Waals surface area contributed by atoms with Crippen molar-refractivity contribution in [2.24, 2.45) is 11.8 Å². The lowest BCUT2D eigenvalue weighted by atomic mass is 9.80. The van der Waals surface area contributed by atoms with Crippen LogP contribution in [0.15, 0.2) is 28.7 Å². The third-order valence-electron chi connectivity index (χ3n) is 3.91. The van der Waals surface area contributed by atoms with Gasteiger partial charge in [-0.1, -0.05) is 40.9 Å². The topological polar surface area (TPSA) is 12.0 Å². The minimum Gasteiger partial charge on any atom is -0.312 e. The van der Waals surface area contributed by atoms with Crippen molar-refractivity contribution < 1.29 is 0 Å². The Morgan fingerprint density at radius 3 is 2.44 bits per heavy atom. The Morgan fingerprint density at radius 2 is 1.78 bits per heavy atom. The number of halogens is 2. The Balaban J connectivity index is 1.75. The summed E-state index contributed by atoms with van der Waals surface area (Å²) < 4.78 is 1.14. The zero-order valence-electron chi connectivity index (χ0n) is 10.7. The van der Waals surface area contributed by atoms with Crippen molar-refractivity contribution in [2.75, 3.05) is 12.4 Å². The minimum absolute atomic E-state index is 0.720. The predicted molar refractivity (Wildman–Crippen MR) is 82.0 cm³/mol. The molecule has 1 aliphatic carbocycles. The van der Waals surface area contributed by atoms with E-state index in [4.69, 9.17) is 11.6 Å². The Hall–Kier alpha value is -0.0500. The smallest absolute Gasteiger partial charge is 0.0254 e. The normalized spacial score (nSPS) is 24.1. The molecule has 0 aromatic heterocycles. The van der Waals surface area contributed by atoms with Crippen LogP contribution in [0.5, 0.6) is 0 Å². The fraction of sp³-hybridized carbons (Fsp3) is 0.600. The third-order valence-corrected chi connectivity index (χ3v) is 4.84. The van der Waals surface area contributed by atoms with Crippen LogP contribution in [0.4, 0.5) is 0 Å². The second-order valence-electron chi connectivity index (χ2n) is 5.22. The van der Waals surface area contributed by atoms with E-state index in [9.17, 15) is 0 Å². The molecule has 1 aromatic carbocycles. The van der Waals surface area contributed by atoms with Crippen LogP contribution in [0.25, 0.3) is 0 Å². The van der Waals surface area contributed by atoms with E-state index >= 15 is 0 Å². The van der Waals surface area contributed by atoms with Crippen molar-refractivity contribution in [1.29, 1.82) is 0 Å². The average molecular weight is 331 g/mol. The van der Waals surface area contributed by atoms with E-state index in [1.165, 1.54) is 31.2 Å². The molecule has 0 aliphatic heterocycles. The summed E-state index contributed by atoms with van der Waals surface area (Å²) in [6, 6.07) is 8.52. The van der Waals surface area contributed by atoms with Gasteiger partial charge in [-0.2, -0.15) is 0 Å². The minimum atomic E-state index is 0.720. The molecule has 1 aromatic rings. The monoisotopic (exact) mass is 329 g/mol. The Bertz CT molecular complexity index is 352. The van der Waals surface area contributed by atoms with Gasteiger partial charge in [0.05, 0.1) is 0 Å². The summed E-state index contributed by atoms with van der Waals surface area (Å²) in [5.74, 6) is 2.31. The van der Waals surface area contributed by atoms with Gasteiger partial charge in [-0.25, -0.2) is 0 Å². The number of nitrogens with one attached hydrogen (secondary N) is 1. The lowest BCUT2D eigenvalue weighted by molar-refractivity contribution is 0.250. The first-order chi connectivity index (χ1) is 8.79. The molecule has 18 heavy (non-hydrogen) atoms. The van der Waals surface area contributed by atoms with Gasteiger partial charge in [0, 0.05) is 16.9 Å². The lowest BCUT2D eigenvalue weighted by Crippen LogP contribution is -2.31. The van der Waals surface area contributed by atoms with Gasteiger partial charge >= 0.3 is 0 Å². The fourth-order valence-electron chi connectivity index (χ4n) is 2.76. The van der Waals surface area contributed by atoms with Crippen LogP contribution in [0, 0.1) is 11.8 Å². The van der Waals surface area contributed by atoms with Gasteiger partial charge < -0.3 is 5.32 Å². The number of alkyl halides is 1. The highest BCUT2D eigenvalue weighted by molar-refractivity contribution is 9.10. The van der Waals surface area contributed by atoms with E-state index in [0.717, 1.165) is 35.3 Å². The molecular formula is C15H21BrClN. The molecule has 1 aliphatic rings. The van der Waals surface area contributed by atoms with Crippen molar-refractivity contribution in [2.45, 2.75) is 32.2 Å². The van der Waals surface area contributed by atoms with Gasteiger partial charge in [0.2, 0.25) is 0 Å². The standard InChI is InChI=1S/C15H21BrClN/c16-15-7-5-12(6-8-15)10-18-11-14-4-2-1-3-13(14)9-17/h5-8,13-14,18H,1-4,9-11H2. The summed E-state index contributed by atoms with van der Waals surface area (Å²) in [6.45, 7) is 2.06. The molecule has 2 atom stereocenters. The van der Waals surface area contributed by atoms with E-state index in [-0.39, 0.29) is 0 Å². The van der Waals surface area contributed by atoms with Crippen LogP contribution in [0.3, 0.4) is 0 Å². The van der Waals surface area contributed by atoms with E-state index in [1.54, 1.807) is 0 Å². The molecule has 1 saturated carbocycles. The number of benzene rings is 1. The Labute approximate surface area is 123 Å². The third kappa shape index (κ3) is 4.25. The van der Waals surface area contributed by atoms with Crippen LogP contribution in [0.2, 0.25) is 0 Å². The highest BCUT2D eigenvalue weighted by atomic mass is 79.9. The summed E-state index contributed by atoms with van der Waals surface area (Å²) >= 11 is 9.51. The molecule has 0 radical (unpaired) electrons. The van der Waals surface area contributed by atoms with E-state index in [0.29, 0.717) is 0 Å². The lowest BCUT2D eigenvalue weighted by Gasteiger charge is -2.30. The van der Waals surface area contributed by atoms with Crippen molar-refractivity contribution in [3.63, 3.8) is 0 Å². The van der Waals surface area contributed by atoms with Gasteiger partial charge in [-0.05, 0) is 48.9 Å². The molecule has 0 bridgehead atoms. The molecule has 2 rings (SSSR count). The largest absolute Gasteiger partial charge is 0.312 e. The molecule has 3 heteroatoms. The van der Waals surface area contributed by atoms with Gasteiger partial charge in [-0.15, -0.1) is 11.6 Å². The second-order valence-corrected chi connectivity index (χ2v) is 6.44. The zero-order valence-corrected chi connectivity index (χ0v) is 13.0. The first-order valence-corrected chi connectivity index (χ1v) is 8.13. The molecule has 0 saturated heterocycles. The molecule has 1 fully saturated rings. The summed E-state index contributed by atoms with van der Waals surface area (Å²) in [5.41, 5.74) is 1.34. The van der Waals surface area contributed by atoms with Gasteiger partial charge in [0.1, 0.15) is 0 Å². The maximum Gasteiger partial charge on any atom is 0.0254 e. The number of hydrogen-bond donors (Lipinski definition) is 1. The molecule has 2 unspecified atom stereocenters. The number of rotatable bonds is 5. The second kappa shape index (κ2) is 7.52. The molecule has 100 valence electrons. The summed E-state index contributed by atoms with van der Waals surface area (Å²) in [6.07, 6.45) is 5.39. The van der Waals surface area contributed by atoms with Crippen LogP contribution in [0.1, 0.15) is 31.2 Å². The summed E-state index contributed by atoms with van der Waals surface area (Å²) in [7, 11) is 0.